The van der Waals surface area contributed by atoms with Crippen molar-refractivity contribution >= 4 is 16.5 Å². The summed E-state index contributed by atoms with van der Waals surface area (Å²) in [6.07, 6.45) is 3.47. The lowest BCUT2D eigenvalue weighted by Crippen LogP contribution is -2.35. The second-order valence-corrected chi connectivity index (χ2v) is 6.55. The predicted octanol–water partition coefficient (Wildman–Crippen LogP) is 3.26. The maximum atomic E-state index is 5.08. The summed E-state index contributed by atoms with van der Waals surface area (Å²) in [6, 6.07) is 1.98. The van der Waals surface area contributed by atoms with Gasteiger partial charge in [0.2, 0.25) is 0 Å². The molecule has 0 aliphatic rings. The second-order valence-electron chi connectivity index (χ2n) is 5.71. The van der Waals surface area contributed by atoms with Crippen LogP contribution in [0.25, 0.3) is 0 Å². The summed E-state index contributed by atoms with van der Waals surface area (Å²) in [6.45, 7) is 8.09. The number of thiazole rings is 1. The highest BCUT2D eigenvalue weighted by atomic mass is 32.1. The van der Waals surface area contributed by atoms with Crippen molar-refractivity contribution in [2.24, 2.45) is 0 Å². The molecule has 0 aliphatic carbocycles. The Morgan fingerprint density at radius 1 is 1.42 bits per heavy atom. The van der Waals surface area contributed by atoms with Crippen molar-refractivity contribution in [2.75, 3.05) is 11.9 Å². The first-order valence-corrected chi connectivity index (χ1v) is 7.24. The van der Waals surface area contributed by atoms with Gasteiger partial charge in [-0.15, -0.1) is 11.3 Å². The van der Waals surface area contributed by atoms with Gasteiger partial charge in [-0.1, -0.05) is 0 Å². The van der Waals surface area contributed by atoms with Gasteiger partial charge >= 0.3 is 0 Å². The number of furan rings is 1. The first kappa shape index (κ1) is 14.1. The van der Waals surface area contributed by atoms with Crippen LogP contribution in [0.3, 0.4) is 0 Å². The molecule has 0 radical (unpaired) electrons. The fourth-order valence-corrected chi connectivity index (χ4v) is 2.42. The molecule has 0 spiro atoms. The van der Waals surface area contributed by atoms with Gasteiger partial charge in [0.25, 0.3) is 0 Å². The second kappa shape index (κ2) is 5.75. The Morgan fingerprint density at radius 3 is 2.84 bits per heavy atom. The number of anilines is 1. The lowest BCUT2D eigenvalue weighted by atomic mass is 10.1. The average Bonchev–Trinajstić information content (AvgIpc) is 2.95. The van der Waals surface area contributed by atoms with E-state index in [-0.39, 0.29) is 5.54 Å². The van der Waals surface area contributed by atoms with Crippen molar-refractivity contribution in [1.82, 2.24) is 10.3 Å². The van der Waals surface area contributed by atoms with Crippen LogP contribution in [-0.4, -0.2) is 17.6 Å². The van der Waals surface area contributed by atoms with Gasteiger partial charge in [-0.2, -0.15) is 0 Å². The molecule has 2 rings (SSSR count). The van der Waals surface area contributed by atoms with Crippen molar-refractivity contribution in [2.45, 2.75) is 39.4 Å². The maximum absolute atomic E-state index is 5.08. The van der Waals surface area contributed by atoms with Crippen LogP contribution in [0.15, 0.2) is 28.4 Å². The van der Waals surface area contributed by atoms with Crippen LogP contribution in [0.2, 0.25) is 0 Å². The topological polar surface area (TPSA) is 41.3 Å². The van der Waals surface area contributed by atoms with Crippen LogP contribution in [0.5, 0.6) is 0 Å². The van der Waals surface area contributed by atoms with Crippen molar-refractivity contribution in [3.05, 3.63) is 35.2 Å². The standard InChI is InChI=1S/C14H21N3OS/c1-14(2,3)15-7-12-10-19-13(16-12)17(4)8-11-5-6-18-9-11/h5-6,9-10,15H,7-8H2,1-4H3. The van der Waals surface area contributed by atoms with Crippen LogP contribution in [0.4, 0.5) is 5.13 Å². The highest BCUT2D eigenvalue weighted by molar-refractivity contribution is 7.13. The summed E-state index contributed by atoms with van der Waals surface area (Å²) in [4.78, 5) is 6.78. The molecule has 0 bridgehead atoms. The van der Waals surface area contributed by atoms with Crippen LogP contribution in [0, 0.1) is 0 Å². The zero-order valence-electron chi connectivity index (χ0n) is 11.9. The van der Waals surface area contributed by atoms with E-state index in [4.69, 9.17) is 4.42 Å². The van der Waals surface area contributed by atoms with Gasteiger partial charge < -0.3 is 14.6 Å². The largest absolute Gasteiger partial charge is 0.472 e. The van der Waals surface area contributed by atoms with Gasteiger partial charge in [0.1, 0.15) is 0 Å². The number of nitrogens with one attached hydrogen (secondary N) is 1. The molecule has 104 valence electrons. The number of hydrogen-bond donors (Lipinski definition) is 1. The summed E-state index contributed by atoms with van der Waals surface area (Å²) in [5, 5.41) is 6.59. The van der Waals surface area contributed by atoms with Gasteiger partial charge in [-0.05, 0) is 26.8 Å². The van der Waals surface area contributed by atoms with Crippen LogP contribution >= 0.6 is 11.3 Å². The van der Waals surface area contributed by atoms with Gasteiger partial charge in [0.15, 0.2) is 5.13 Å². The van der Waals surface area contributed by atoms with Gasteiger partial charge in [0.05, 0.1) is 18.2 Å². The minimum absolute atomic E-state index is 0.118. The molecule has 2 heterocycles. The van der Waals surface area contributed by atoms with E-state index in [1.807, 2.05) is 13.1 Å². The third-order valence-electron chi connectivity index (χ3n) is 2.67. The molecule has 0 atom stereocenters. The third kappa shape index (κ3) is 4.36. The molecule has 5 heteroatoms. The van der Waals surface area contributed by atoms with Crippen molar-refractivity contribution in [1.29, 1.82) is 0 Å². The Balaban J connectivity index is 1.92. The molecule has 0 unspecified atom stereocenters. The quantitative estimate of drug-likeness (QED) is 0.912. The van der Waals surface area contributed by atoms with E-state index in [0.29, 0.717) is 0 Å². The smallest absolute Gasteiger partial charge is 0.185 e. The first-order chi connectivity index (χ1) is 8.94. The lowest BCUT2D eigenvalue weighted by molar-refractivity contribution is 0.422. The minimum Gasteiger partial charge on any atom is -0.472 e. The molecule has 2 aromatic rings. The minimum atomic E-state index is 0.118. The van der Waals surface area contributed by atoms with E-state index in [9.17, 15) is 0 Å². The average molecular weight is 279 g/mol. The van der Waals surface area contributed by atoms with Crippen LogP contribution < -0.4 is 10.2 Å². The molecule has 0 saturated carbocycles. The van der Waals surface area contributed by atoms with Gasteiger partial charge in [-0.3, -0.25) is 0 Å². The van der Waals surface area contributed by atoms with E-state index in [2.05, 4.69) is 41.4 Å². The molecular weight excluding hydrogens is 258 g/mol. The van der Waals surface area contributed by atoms with E-state index < -0.39 is 0 Å². The van der Waals surface area contributed by atoms with Crippen molar-refractivity contribution < 1.29 is 4.42 Å². The Morgan fingerprint density at radius 2 is 2.21 bits per heavy atom. The van der Waals surface area contributed by atoms with Crippen LogP contribution in [0.1, 0.15) is 32.0 Å². The maximum Gasteiger partial charge on any atom is 0.185 e. The van der Waals surface area contributed by atoms with E-state index >= 15 is 0 Å². The number of rotatable bonds is 5. The molecule has 0 saturated heterocycles. The summed E-state index contributed by atoms with van der Waals surface area (Å²) < 4.78 is 5.08. The normalized spacial score (nSPS) is 11.8. The van der Waals surface area contributed by atoms with Crippen molar-refractivity contribution in [3.63, 3.8) is 0 Å². The van der Waals surface area contributed by atoms with E-state index in [1.54, 1.807) is 23.9 Å². The summed E-state index contributed by atoms with van der Waals surface area (Å²) in [5.74, 6) is 0. The molecule has 4 nitrogen and oxygen atoms in total. The number of aromatic nitrogens is 1. The monoisotopic (exact) mass is 279 g/mol. The highest BCUT2D eigenvalue weighted by Crippen LogP contribution is 2.21. The third-order valence-corrected chi connectivity index (χ3v) is 3.67. The Hall–Kier alpha value is -1.33. The zero-order chi connectivity index (χ0) is 13.9. The fraction of sp³-hybridized carbons (Fsp3) is 0.500. The van der Waals surface area contributed by atoms with E-state index in [1.165, 1.54) is 0 Å². The van der Waals surface area contributed by atoms with Gasteiger partial charge in [-0.25, -0.2) is 4.98 Å². The molecule has 2 aromatic heterocycles. The number of hydrogen-bond acceptors (Lipinski definition) is 5. The summed E-state index contributed by atoms with van der Waals surface area (Å²) >= 11 is 1.67. The Bertz CT molecular complexity index is 499. The van der Waals surface area contributed by atoms with Crippen molar-refractivity contribution in [3.8, 4) is 0 Å². The summed E-state index contributed by atoms with van der Waals surface area (Å²) in [7, 11) is 2.05. The molecule has 0 aromatic carbocycles. The first-order valence-electron chi connectivity index (χ1n) is 6.36. The lowest BCUT2D eigenvalue weighted by Gasteiger charge is -2.19. The molecule has 19 heavy (non-hydrogen) atoms. The SMILES string of the molecule is CN(Cc1ccoc1)c1nc(CNC(C)(C)C)cs1. The Labute approximate surface area is 118 Å². The highest BCUT2D eigenvalue weighted by Gasteiger charge is 2.12. The Kier molecular flexibility index (Phi) is 4.27. The molecular formula is C14H21N3OS. The fourth-order valence-electron chi connectivity index (χ4n) is 1.63. The van der Waals surface area contributed by atoms with Crippen LogP contribution in [-0.2, 0) is 13.1 Å². The molecule has 0 aliphatic heterocycles. The predicted molar refractivity (Wildman–Crippen MR) is 79.5 cm³/mol. The molecule has 0 amide bonds. The van der Waals surface area contributed by atoms with E-state index in [0.717, 1.165) is 29.5 Å². The van der Waals surface area contributed by atoms with Gasteiger partial charge in [0, 0.05) is 36.6 Å². The molecule has 0 fully saturated rings. The zero-order valence-corrected chi connectivity index (χ0v) is 12.8. The molecule has 1 N–H and O–H groups in total. The summed E-state index contributed by atoms with van der Waals surface area (Å²) in [5.41, 5.74) is 2.37. The number of nitrogens with zero attached hydrogens (tertiary/aromatic N) is 2.